The van der Waals surface area contributed by atoms with Crippen molar-refractivity contribution in [2.75, 3.05) is 19.8 Å². The summed E-state index contributed by atoms with van der Waals surface area (Å²) >= 11 is 0.935. The van der Waals surface area contributed by atoms with Crippen LogP contribution in [0.15, 0.2) is 48.5 Å². The number of carbonyl (C=O) groups is 2. The van der Waals surface area contributed by atoms with Gasteiger partial charge in [0.2, 0.25) is 5.91 Å². The van der Waals surface area contributed by atoms with Gasteiger partial charge in [-0.25, -0.2) is 4.57 Å². The van der Waals surface area contributed by atoms with Crippen molar-refractivity contribution >= 4 is 30.7 Å². The number of phosphoric acid groups is 1. The van der Waals surface area contributed by atoms with Crippen LogP contribution in [0.4, 0.5) is 18.0 Å². The Kier molecular flexibility index (Phi) is 11.0. The predicted octanol–water partition coefficient (Wildman–Crippen LogP) is 6.28. The molecule has 0 bridgehead atoms. The van der Waals surface area contributed by atoms with Gasteiger partial charge in [-0.15, -0.1) is 0 Å². The average molecular weight is 592 g/mol. The molecule has 0 radical (unpaired) electrons. The van der Waals surface area contributed by atoms with Crippen LogP contribution in [0.1, 0.15) is 43.6 Å². The maximum absolute atomic E-state index is 13.1. The van der Waals surface area contributed by atoms with Crippen LogP contribution < -0.4 is 10.1 Å². The number of rotatable bonds is 14. The van der Waals surface area contributed by atoms with E-state index in [0.29, 0.717) is 17.7 Å². The number of nitrogens with one attached hydrogen (secondary N) is 1. The normalized spacial score (nSPS) is 17.6. The van der Waals surface area contributed by atoms with Crippen LogP contribution >= 0.6 is 19.6 Å². The molecule has 1 saturated heterocycles. The molecular weight excluding hydrogens is 562 g/mol. The molecule has 1 aliphatic rings. The minimum absolute atomic E-state index is 0.0614. The number of amides is 2. The van der Waals surface area contributed by atoms with E-state index in [2.05, 4.69) is 5.32 Å². The molecule has 214 valence electrons. The first kappa shape index (κ1) is 31.1. The molecule has 0 aliphatic carbocycles. The molecule has 2 aromatic carbocycles. The summed E-state index contributed by atoms with van der Waals surface area (Å²) in [6.07, 6.45) is -6.20. The minimum Gasteiger partial charge on any atom is -0.491 e. The lowest BCUT2D eigenvalue weighted by Gasteiger charge is -2.26. The fourth-order valence-electron chi connectivity index (χ4n) is 3.59. The molecule has 2 amide bonds. The van der Waals surface area contributed by atoms with Crippen LogP contribution in [0, 0.1) is 0 Å². The van der Waals surface area contributed by atoms with Crippen molar-refractivity contribution in [2.24, 2.45) is 0 Å². The van der Waals surface area contributed by atoms with E-state index in [9.17, 15) is 27.3 Å². The molecule has 0 spiro atoms. The van der Waals surface area contributed by atoms with Gasteiger partial charge < -0.3 is 9.47 Å². The number of halogens is 3. The van der Waals surface area contributed by atoms with Crippen LogP contribution in [0.2, 0.25) is 0 Å². The molecule has 3 unspecified atom stereocenters. The van der Waals surface area contributed by atoms with Gasteiger partial charge in [0.05, 0.1) is 24.0 Å². The summed E-state index contributed by atoms with van der Waals surface area (Å²) in [5.41, 5.74) is 0.357. The lowest BCUT2D eigenvalue weighted by Crippen LogP contribution is -2.25. The van der Waals surface area contributed by atoms with E-state index < -0.39 is 37.2 Å². The van der Waals surface area contributed by atoms with Gasteiger partial charge in [0.25, 0.3) is 5.24 Å². The van der Waals surface area contributed by atoms with Crippen LogP contribution in [-0.4, -0.2) is 42.5 Å². The largest absolute Gasteiger partial charge is 0.491 e. The fraction of sp³-hybridized carbons (Fsp3) is 0.440. The van der Waals surface area contributed by atoms with Gasteiger partial charge >= 0.3 is 14.0 Å². The molecule has 0 aromatic heterocycles. The van der Waals surface area contributed by atoms with Crippen LogP contribution in [0.25, 0.3) is 0 Å². The van der Waals surface area contributed by atoms with Gasteiger partial charge in [-0.2, -0.15) is 13.2 Å². The van der Waals surface area contributed by atoms with Crippen molar-refractivity contribution in [3.63, 3.8) is 0 Å². The molecule has 1 heterocycles. The summed E-state index contributed by atoms with van der Waals surface area (Å²) in [5, 5.41) is 1.36. The summed E-state index contributed by atoms with van der Waals surface area (Å²) < 4.78 is 79.2. The second kappa shape index (κ2) is 13.8. The molecular formula is C25H29F3NO8PS. The second-order valence-electron chi connectivity index (χ2n) is 8.24. The van der Waals surface area contributed by atoms with Gasteiger partial charge in [-0.1, -0.05) is 36.0 Å². The van der Waals surface area contributed by atoms with E-state index in [-0.39, 0.29) is 31.0 Å². The Morgan fingerprint density at radius 1 is 1.00 bits per heavy atom. The number of carbonyl (C=O) groups excluding carboxylic acids is 2. The Labute approximate surface area is 228 Å². The van der Waals surface area contributed by atoms with E-state index in [0.717, 1.165) is 29.5 Å². The van der Waals surface area contributed by atoms with E-state index >= 15 is 0 Å². The standard InChI is InChI=1S/C25H29F3NO8PS/c1-4-34-38(32,35-5-2)37-16(3)36-21(18-8-10-19(11-9-18)25(26,27)28)15-33-20-12-6-17(7-13-20)14-22-23(30)29-24(31)39-22/h6-13,16,21-22H,4-5,14-15H2,1-3H3,(H,29,30,31). The van der Waals surface area contributed by atoms with E-state index in [1.54, 1.807) is 38.1 Å². The molecule has 1 fully saturated rings. The van der Waals surface area contributed by atoms with Gasteiger partial charge in [-0.05, 0) is 62.6 Å². The molecule has 1 aliphatic heterocycles. The summed E-state index contributed by atoms with van der Waals surface area (Å²) in [4.78, 5) is 23.2. The van der Waals surface area contributed by atoms with Crippen molar-refractivity contribution in [3.05, 3.63) is 65.2 Å². The highest BCUT2D eigenvalue weighted by molar-refractivity contribution is 8.15. The highest BCUT2D eigenvalue weighted by Crippen LogP contribution is 2.50. The van der Waals surface area contributed by atoms with Gasteiger partial charge in [0.15, 0.2) is 6.29 Å². The van der Waals surface area contributed by atoms with Crippen molar-refractivity contribution in [1.82, 2.24) is 5.32 Å². The van der Waals surface area contributed by atoms with Gasteiger partial charge in [-0.3, -0.25) is 28.5 Å². The van der Waals surface area contributed by atoms with Crippen molar-refractivity contribution in [3.8, 4) is 5.75 Å². The third kappa shape index (κ3) is 9.33. The zero-order valence-electron chi connectivity index (χ0n) is 21.4. The Balaban J connectivity index is 1.71. The topological polar surface area (TPSA) is 109 Å². The lowest BCUT2D eigenvalue weighted by atomic mass is 10.1. The summed E-state index contributed by atoms with van der Waals surface area (Å²) in [6.45, 7) is 4.69. The zero-order chi connectivity index (χ0) is 28.6. The number of hydrogen-bond acceptors (Lipinski definition) is 9. The molecule has 0 saturated carbocycles. The number of ether oxygens (including phenoxy) is 2. The molecule has 39 heavy (non-hydrogen) atoms. The van der Waals surface area contributed by atoms with E-state index in [4.69, 9.17) is 23.0 Å². The zero-order valence-corrected chi connectivity index (χ0v) is 23.1. The molecule has 9 nitrogen and oxygen atoms in total. The van der Waals surface area contributed by atoms with Crippen molar-refractivity contribution in [1.29, 1.82) is 0 Å². The Morgan fingerprint density at radius 3 is 2.13 bits per heavy atom. The number of phosphoric ester groups is 1. The highest BCUT2D eigenvalue weighted by atomic mass is 32.2. The first-order valence-electron chi connectivity index (χ1n) is 12.1. The second-order valence-corrected chi connectivity index (χ2v) is 11.0. The van der Waals surface area contributed by atoms with Crippen molar-refractivity contribution in [2.45, 2.75) is 51.0 Å². The smallest absolute Gasteiger partial charge is 0.477 e. The summed E-state index contributed by atoms with van der Waals surface area (Å²) in [5.74, 6) is 0.0955. The Hall–Kier alpha value is -2.41. The first-order valence-corrected chi connectivity index (χ1v) is 14.4. The Bertz CT molecular complexity index is 1150. The molecule has 14 heteroatoms. The van der Waals surface area contributed by atoms with Crippen molar-refractivity contribution < 1.29 is 50.4 Å². The number of imide groups is 1. The summed E-state index contributed by atoms with van der Waals surface area (Å²) in [6, 6.07) is 11.2. The lowest BCUT2D eigenvalue weighted by molar-refractivity contribution is -0.138. The highest BCUT2D eigenvalue weighted by Gasteiger charge is 2.33. The van der Waals surface area contributed by atoms with E-state index in [1.165, 1.54) is 19.1 Å². The number of benzene rings is 2. The third-order valence-electron chi connectivity index (χ3n) is 5.33. The maximum Gasteiger partial charge on any atom is 0.477 e. The quantitative estimate of drug-likeness (QED) is 0.201. The average Bonchev–Trinajstić information content (AvgIpc) is 3.18. The van der Waals surface area contributed by atoms with Gasteiger partial charge in [0, 0.05) is 0 Å². The summed E-state index contributed by atoms with van der Waals surface area (Å²) in [7, 11) is -3.92. The van der Waals surface area contributed by atoms with Crippen LogP contribution in [0.5, 0.6) is 5.75 Å². The molecule has 3 rings (SSSR count). The molecule has 2 aromatic rings. The predicted molar refractivity (Wildman–Crippen MR) is 137 cm³/mol. The fourth-order valence-corrected chi connectivity index (χ4v) is 5.69. The monoisotopic (exact) mass is 591 g/mol. The maximum atomic E-state index is 13.1. The van der Waals surface area contributed by atoms with Gasteiger partial charge in [0.1, 0.15) is 18.5 Å². The van der Waals surface area contributed by atoms with E-state index in [1.807, 2.05) is 0 Å². The minimum atomic E-state index is -4.50. The van der Waals surface area contributed by atoms with Crippen LogP contribution in [0.3, 0.4) is 0 Å². The number of thioether (sulfide) groups is 1. The number of alkyl halides is 3. The Morgan fingerprint density at radius 2 is 1.62 bits per heavy atom. The molecule has 3 atom stereocenters. The molecule has 1 N–H and O–H groups in total. The third-order valence-corrected chi connectivity index (χ3v) is 8.02. The first-order chi connectivity index (χ1) is 18.4. The van der Waals surface area contributed by atoms with Crippen LogP contribution in [-0.2, 0) is 40.3 Å². The number of hydrogen-bond donors (Lipinski definition) is 1. The SMILES string of the molecule is CCOP(=O)(OCC)OC(C)OC(COc1ccc(CC2SC(=O)NC2=O)cc1)c1ccc(C(F)(F)F)cc1.